The predicted molar refractivity (Wildman–Crippen MR) is 78.3 cm³/mol. The molecule has 0 amide bonds. The molecule has 0 aliphatic rings. The highest BCUT2D eigenvalue weighted by atomic mass is 32.2. The summed E-state index contributed by atoms with van der Waals surface area (Å²) in [4.78, 5) is 0. The van der Waals surface area contributed by atoms with Gasteiger partial charge in [-0.05, 0) is 32.8 Å². The van der Waals surface area contributed by atoms with Crippen LogP contribution in [0.5, 0.6) is 0 Å². The van der Waals surface area contributed by atoms with Gasteiger partial charge in [-0.1, -0.05) is 29.8 Å². The summed E-state index contributed by atoms with van der Waals surface area (Å²) in [6.45, 7) is 5.74. The molecule has 0 saturated carbocycles. The lowest BCUT2D eigenvalue weighted by atomic mass is 9.94. The molecule has 2 N–H and O–H groups in total. The van der Waals surface area contributed by atoms with E-state index in [9.17, 15) is 12.8 Å². The third-order valence-corrected chi connectivity index (χ3v) is 3.74. The van der Waals surface area contributed by atoms with Crippen LogP contribution >= 0.6 is 0 Å². The summed E-state index contributed by atoms with van der Waals surface area (Å²) in [6.07, 6.45) is -0.923. The van der Waals surface area contributed by atoms with E-state index in [0.29, 0.717) is 6.42 Å². The van der Waals surface area contributed by atoms with Gasteiger partial charge in [0.25, 0.3) is 10.1 Å². The molecule has 0 aliphatic heterocycles. The van der Waals surface area contributed by atoms with Crippen LogP contribution in [-0.4, -0.2) is 37.0 Å². The maximum atomic E-state index is 13.4. The van der Waals surface area contributed by atoms with Crippen molar-refractivity contribution in [1.29, 1.82) is 0 Å². The highest BCUT2D eigenvalue weighted by Gasteiger charge is 2.22. The van der Waals surface area contributed by atoms with E-state index in [1.807, 2.05) is 45.0 Å². The lowest BCUT2D eigenvalue weighted by Gasteiger charge is -2.27. The third kappa shape index (κ3) is 6.98. The minimum Gasteiger partial charge on any atom is -0.309 e. The van der Waals surface area contributed by atoms with E-state index < -0.39 is 22.0 Å². The van der Waals surface area contributed by atoms with Crippen molar-refractivity contribution in [1.82, 2.24) is 5.32 Å². The molecule has 0 bridgehead atoms. The van der Waals surface area contributed by atoms with Crippen LogP contribution in [0.1, 0.15) is 25.0 Å². The molecular weight excluding hydrogens is 281 g/mol. The van der Waals surface area contributed by atoms with Gasteiger partial charge in [-0.2, -0.15) is 8.42 Å². The first-order valence-electron chi connectivity index (χ1n) is 6.47. The highest BCUT2D eigenvalue weighted by Crippen LogP contribution is 2.14. The second kappa shape index (κ2) is 6.65. The van der Waals surface area contributed by atoms with Crippen LogP contribution in [0.25, 0.3) is 0 Å². The fourth-order valence-electron chi connectivity index (χ4n) is 1.95. The van der Waals surface area contributed by atoms with E-state index in [1.165, 1.54) is 5.56 Å². The van der Waals surface area contributed by atoms with Crippen molar-refractivity contribution >= 4 is 10.1 Å². The van der Waals surface area contributed by atoms with Crippen LogP contribution in [0.4, 0.5) is 4.39 Å². The van der Waals surface area contributed by atoms with Crippen molar-refractivity contribution in [3.63, 3.8) is 0 Å². The summed E-state index contributed by atoms with van der Waals surface area (Å²) in [6, 6.07) is 8.07. The lowest BCUT2D eigenvalue weighted by Crippen LogP contribution is -2.45. The number of hydrogen-bond donors (Lipinski definition) is 2. The molecular formula is C14H22FNO3S. The predicted octanol–water partition coefficient (Wildman–Crippen LogP) is 2.13. The summed E-state index contributed by atoms with van der Waals surface area (Å²) >= 11 is 0. The van der Waals surface area contributed by atoms with Crippen LogP contribution in [0.2, 0.25) is 0 Å². The number of rotatable bonds is 7. The van der Waals surface area contributed by atoms with Crippen molar-refractivity contribution < 1.29 is 17.4 Å². The van der Waals surface area contributed by atoms with E-state index in [-0.39, 0.29) is 12.1 Å². The number of nitrogens with one attached hydrogen (secondary N) is 1. The fourth-order valence-corrected chi connectivity index (χ4v) is 2.53. The minimum absolute atomic E-state index is 0.112. The van der Waals surface area contributed by atoms with Gasteiger partial charge < -0.3 is 5.32 Å². The van der Waals surface area contributed by atoms with Gasteiger partial charge in [0.2, 0.25) is 0 Å². The van der Waals surface area contributed by atoms with Crippen LogP contribution in [0, 0.1) is 6.92 Å². The molecule has 0 aromatic heterocycles. The van der Waals surface area contributed by atoms with E-state index >= 15 is 0 Å². The van der Waals surface area contributed by atoms with Gasteiger partial charge in [-0.25, -0.2) is 4.39 Å². The number of alkyl halides is 1. The second-order valence-electron chi connectivity index (χ2n) is 5.77. The number of benzene rings is 1. The van der Waals surface area contributed by atoms with Crippen LogP contribution in [-0.2, 0) is 16.5 Å². The molecule has 1 rings (SSSR count). The van der Waals surface area contributed by atoms with Crippen molar-refractivity contribution in [2.45, 2.75) is 38.9 Å². The van der Waals surface area contributed by atoms with Crippen LogP contribution in [0.3, 0.4) is 0 Å². The smallest absolute Gasteiger partial charge is 0.267 e. The second-order valence-corrected chi connectivity index (χ2v) is 7.27. The standard InChI is InChI=1S/C14H22FNO3S/c1-11-4-6-12(7-5-11)8-14(2,3)16-9-13(15)10-20(17,18)19/h4-7,13,16H,8-10H2,1-3H3,(H,17,18,19)/t13-/m0/s1. The highest BCUT2D eigenvalue weighted by molar-refractivity contribution is 7.85. The maximum Gasteiger partial charge on any atom is 0.267 e. The average Bonchev–Trinajstić information content (AvgIpc) is 2.27. The molecule has 0 fully saturated rings. The average molecular weight is 303 g/mol. The quantitative estimate of drug-likeness (QED) is 0.757. The van der Waals surface area contributed by atoms with Gasteiger partial charge in [0.1, 0.15) is 11.9 Å². The van der Waals surface area contributed by atoms with E-state index in [1.54, 1.807) is 0 Å². The molecule has 20 heavy (non-hydrogen) atoms. The number of halogens is 1. The zero-order valence-corrected chi connectivity index (χ0v) is 12.9. The van der Waals surface area contributed by atoms with Crippen molar-refractivity contribution in [2.75, 3.05) is 12.3 Å². The molecule has 1 aromatic carbocycles. The normalized spacial score (nSPS) is 14.2. The van der Waals surface area contributed by atoms with Crippen molar-refractivity contribution in [3.05, 3.63) is 35.4 Å². The fraction of sp³-hybridized carbons (Fsp3) is 0.571. The molecule has 6 heteroatoms. The Kier molecular flexibility index (Phi) is 5.68. The van der Waals surface area contributed by atoms with Crippen LogP contribution < -0.4 is 5.32 Å². The topological polar surface area (TPSA) is 66.4 Å². The summed E-state index contributed by atoms with van der Waals surface area (Å²) < 4.78 is 43.2. The molecule has 0 spiro atoms. The Morgan fingerprint density at radius 1 is 1.30 bits per heavy atom. The molecule has 0 aliphatic carbocycles. The Balaban J connectivity index is 2.51. The van der Waals surface area contributed by atoms with Gasteiger partial charge in [0.15, 0.2) is 0 Å². The van der Waals surface area contributed by atoms with Gasteiger partial charge in [-0.15, -0.1) is 0 Å². The van der Waals surface area contributed by atoms with Crippen molar-refractivity contribution in [2.24, 2.45) is 0 Å². The van der Waals surface area contributed by atoms with Crippen molar-refractivity contribution in [3.8, 4) is 0 Å². The Labute approximate surface area is 120 Å². The lowest BCUT2D eigenvalue weighted by molar-refractivity contribution is 0.290. The van der Waals surface area contributed by atoms with Crippen LogP contribution in [0.15, 0.2) is 24.3 Å². The Bertz CT molecular complexity index is 526. The largest absolute Gasteiger partial charge is 0.309 e. The van der Waals surface area contributed by atoms with Gasteiger partial charge in [0.05, 0.1) is 0 Å². The number of hydrogen-bond acceptors (Lipinski definition) is 3. The SMILES string of the molecule is Cc1ccc(CC(C)(C)NC[C@H](F)CS(=O)(=O)O)cc1. The van der Waals surface area contributed by atoms with Gasteiger partial charge in [-0.3, -0.25) is 4.55 Å². The zero-order valence-electron chi connectivity index (χ0n) is 12.1. The summed E-state index contributed by atoms with van der Waals surface area (Å²) in [7, 11) is -4.27. The first kappa shape index (κ1) is 17.1. The minimum atomic E-state index is -4.27. The molecule has 0 unspecified atom stereocenters. The first-order chi connectivity index (χ1) is 9.07. The first-order valence-corrected chi connectivity index (χ1v) is 8.08. The van der Waals surface area contributed by atoms with Gasteiger partial charge >= 0.3 is 0 Å². The Morgan fingerprint density at radius 3 is 2.35 bits per heavy atom. The maximum absolute atomic E-state index is 13.4. The molecule has 4 nitrogen and oxygen atoms in total. The van der Waals surface area contributed by atoms with E-state index in [2.05, 4.69) is 5.32 Å². The summed E-state index contributed by atoms with van der Waals surface area (Å²) in [5.41, 5.74) is 1.94. The molecule has 0 saturated heterocycles. The third-order valence-electron chi connectivity index (χ3n) is 2.96. The van der Waals surface area contributed by atoms with E-state index in [0.717, 1.165) is 5.56 Å². The molecule has 114 valence electrons. The monoisotopic (exact) mass is 303 g/mol. The Hall–Kier alpha value is -0.980. The van der Waals surface area contributed by atoms with Gasteiger partial charge in [0, 0.05) is 12.1 Å². The molecule has 0 radical (unpaired) electrons. The summed E-state index contributed by atoms with van der Waals surface area (Å²) in [5.74, 6) is -0.874. The Morgan fingerprint density at radius 2 is 1.85 bits per heavy atom. The number of aryl methyl sites for hydroxylation is 1. The molecule has 1 aromatic rings. The van der Waals surface area contributed by atoms with E-state index in [4.69, 9.17) is 4.55 Å². The zero-order chi connectivity index (χ0) is 15.4. The molecule has 0 heterocycles. The summed E-state index contributed by atoms with van der Waals surface area (Å²) in [5, 5.41) is 2.99. The molecule has 1 atom stereocenters.